The number of rotatable bonds is 3. The Morgan fingerprint density at radius 3 is 2.63 bits per heavy atom. The van der Waals surface area contributed by atoms with E-state index in [9.17, 15) is 13.6 Å². The molecule has 1 aliphatic heterocycles. The first-order chi connectivity index (χ1) is 14.6. The fourth-order valence-corrected chi connectivity index (χ4v) is 3.92. The molecule has 0 bridgehead atoms. The van der Waals surface area contributed by atoms with Crippen LogP contribution in [0.1, 0.15) is 22.3 Å². The van der Waals surface area contributed by atoms with Crippen LogP contribution in [0.2, 0.25) is 0 Å². The van der Waals surface area contributed by atoms with Gasteiger partial charge in [-0.1, -0.05) is 6.08 Å². The molecule has 2 aromatic heterocycles. The van der Waals surface area contributed by atoms with Crippen LogP contribution in [0.15, 0.2) is 60.9 Å². The van der Waals surface area contributed by atoms with E-state index in [1.54, 1.807) is 23.1 Å². The van der Waals surface area contributed by atoms with Gasteiger partial charge in [-0.15, -0.1) is 0 Å². The molecule has 0 fully saturated rings. The summed E-state index contributed by atoms with van der Waals surface area (Å²) in [4.78, 5) is 18.0. The van der Waals surface area contributed by atoms with E-state index in [1.807, 2.05) is 12.3 Å². The van der Waals surface area contributed by atoms with Gasteiger partial charge >= 0.3 is 0 Å². The molecule has 3 heterocycles. The van der Waals surface area contributed by atoms with Crippen LogP contribution in [0.5, 0.6) is 0 Å². The Hall–Kier alpha value is -3.74. The first-order valence-electron chi connectivity index (χ1n) is 9.65. The Balaban J connectivity index is 1.38. The highest BCUT2D eigenvalue weighted by molar-refractivity contribution is 6.00. The maximum absolute atomic E-state index is 13.4. The Kier molecular flexibility index (Phi) is 4.43. The fraction of sp³-hybridized carbons (Fsp3) is 0.130. The molecule has 1 amide bonds. The van der Waals surface area contributed by atoms with Crippen LogP contribution in [0.4, 0.5) is 8.78 Å². The normalized spacial score (nSPS) is 14.2. The minimum absolute atomic E-state index is 0.126. The molecule has 0 radical (unpaired) electrons. The second-order valence-electron chi connectivity index (χ2n) is 7.29. The third-order valence-electron chi connectivity index (χ3n) is 5.49. The van der Waals surface area contributed by atoms with Crippen LogP contribution in [-0.2, 0) is 0 Å². The molecular formula is C23H18F2N4O. The smallest absolute Gasteiger partial charge is 0.257 e. The summed E-state index contributed by atoms with van der Waals surface area (Å²) in [6.45, 7) is 1.03. The molecule has 7 heteroatoms. The summed E-state index contributed by atoms with van der Waals surface area (Å²) in [5, 5.41) is 7.83. The molecule has 0 unspecified atom stereocenters. The number of nitrogens with zero attached hydrogens (tertiary/aromatic N) is 2. The zero-order chi connectivity index (χ0) is 20.7. The van der Waals surface area contributed by atoms with Gasteiger partial charge in [-0.3, -0.25) is 9.89 Å². The zero-order valence-corrected chi connectivity index (χ0v) is 16.0. The van der Waals surface area contributed by atoms with Gasteiger partial charge in [0.05, 0.1) is 17.5 Å². The molecule has 150 valence electrons. The highest BCUT2D eigenvalue weighted by Crippen LogP contribution is 2.30. The van der Waals surface area contributed by atoms with E-state index in [-0.39, 0.29) is 17.5 Å². The Labute approximate surface area is 171 Å². The van der Waals surface area contributed by atoms with Crippen LogP contribution in [0.25, 0.3) is 27.7 Å². The number of carbonyl (C=O) groups is 1. The van der Waals surface area contributed by atoms with Gasteiger partial charge in [0.2, 0.25) is 0 Å². The molecular weight excluding hydrogens is 386 g/mol. The lowest BCUT2D eigenvalue weighted by Gasteiger charge is -2.26. The number of halogens is 2. The molecule has 5 nitrogen and oxygen atoms in total. The second-order valence-corrected chi connectivity index (χ2v) is 7.29. The summed E-state index contributed by atoms with van der Waals surface area (Å²) in [6.07, 6.45) is 6.12. The third-order valence-corrected chi connectivity index (χ3v) is 5.49. The highest BCUT2D eigenvalue weighted by Gasteiger charge is 2.24. The monoisotopic (exact) mass is 404 g/mol. The molecule has 0 spiro atoms. The van der Waals surface area contributed by atoms with Crippen LogP contribution in [-0.4, -0.2) is 39.1 Å². The summed E-state index contributed by atoms with van der Waals surface area (Å²) in [5.74, 6) is -0.735. The highest BCUT2D eigenvalue weighted by atomic mass is 19.1. The van der Waals surface area contributed by atoms with E-state index in [2.05, 4.69) is 15.2 Å². The van der Waals surface area contributed by atoms with Crippen LogP contribution in [0.3, 0.4) is 0 Å². The van der Waals surface area contributed by atoms with Crippen LogP contribution >= 0.6 is 0 Å². The standard InChI is InChI=1S/C23H18F2N4O/c24-16-3-1-15(2-4-16)22-20(13-27-28-22)23(30)29-9-7-14(8-10-29)19-12-26-21-11-17(25)5-6-18(19)21/h1-7,11-13,26H,8-10H2,(H,27,28). The first kappa shape index (κ1) is 18.3. The van der Waals surface area contributed by atoms with Gasteiger partial charge in [0.1, 0.15) is 11.6 Å². The quantitative estimate of drug-likeness (QED) is 0.517. The lowest BCUT2D eigenvalue weighted by Crippen LogP contribution is -2.34. The average molecular weight is 404 g/mol. The van der Waals surface area contributed by atoms with Gasteiger partial charge in [0.15, 0.2) is 0 Å². The molecule has 1 aliphatic rings. The van der Waals surface area contributed by atoms with Crippen LogP contribution < -0.4 is 0 Å². The summed E-state index contributed by atoms with van der Waals surface area (Å²) in [5.41, 5.74) is 4.66. The van der Waals surface area contributed by atoms with Crippen molar-refractivity contribution in [3.05, 3.63) is 83.7 Å². The van der Waals surface area contributed by atoms with E-state index in [0.29, 0.717) is 36.3 Å². The topological polar surface area (TPSA) is 64.8 Å². The van der Waals surface area contributed by atoms with Crippen molar-refractivity contribution in [3.63, 3.8) is 0 Å². The zero-order valence-electron chi connectivity index (χ0n) is 16.0. The van der Waals surface area contributed by atoms with Crippen LogP contribution in [0, 0.1) is 11.6 Å². The molecule has 0 atom stereocenters. The molecule has 0 saturated heterocycles. The minimum Gasteiger partial charge on any atom is -0.360 e. The minimum atomic E-state index is -0.333. The number of aromatic amines is 2. The van der Waals surface area contributed by atoms with Crippen molar-refractivity contribution in [2.75, 3.05) is 13.1 Å². The average Bonchev–Trinajstić information content (AvgIpc) is 3.41. The van der Waals surface area contributed by atoms with Crippen molar-refractivity contribution in [2.24, 2.45) is 0 Å². The summed E-state index contributed by atoms with van der Waals surface area (Å²) in [6, 6.07) is 10.7. The van der Waals surface area contributed by atoms with E-state index in [4.69, 9.17) is 0 Å². The van der Waals surface area contributed by atoms with E-state index < -0.39 is 0 Å². The molecule has 2 aromatic carbocycles. The number of hydrogen-bond donors (Lipinski definition) is 2. The lowest BCUT2D eigenvalue weighted by atomic mass is 9.98. The van der Waals surface area contributed by atoms with Gasteiger partial charge in [0, 0.05) is 41.3 Å². The second kappa shape index (κ2) is 7.26. The largest absolute Gasteiger partial charge is 0.360 e. The molecule has 5 rings (SSSR count). The van der Waals surface area contributed by atoms with Crippen molar-refractivity contribution < 1.29 is 13.6 Å². The molecule has 4 aromatic rings. The number of amides is 1. The maximum Gasteiger partial charge on any atom is 0.257 e. The summed E-state index contributed by atoms with van der Waals surface area (Å²) in [7, 11) is 0. The van der Waals surface area contributed by atoms with Gasteiger partial charge in [-0.05, 0) is 54.5 Å². The number of nitrogens with one attached hydrogen (secondary N) is 2. The predicted octanol–water partition coefficient (Wildman–Crippen LogP) is 4.77. The van der Waals surface area contributed by atoms with Gasteiger partial charge in [-0.2, -0.15) is 5.10 Å². The number of benzene rings is 2. The van der Waals surface area contributed by atoms with Crippen molar-refractivity contribution in [3.8, 4) is 11.3 Å². The van der Waals surface area contributed by atoms with E-state index >= 15 is 0 Å². The molecule has 30 heavy (non-hydrogen) atoms. The number of carbonyl (C=O) groups excluding carboxylic acids is 1. The van der Waals surface area contributed by atoms with Crippen molar-refractivity contribution in [1.29, 1.82) is 0 Å². The lowest BCUT2D eigenvalue weighted by molar-refractivity contribution is 0.0773. The fourth-order valence-electron chi connectivity index (χ4n) is 3.92. The predicted molar refractivity (Wildman–Crippen MR) is 111 cm³/mol. The number of fused-ring (bicyclic) bond motifs is 1. The molecule has 0 aliphatic carbocycles. The Morgan fingerprint density at radius 2 is 1.87 bits per heavy atom. The summed E-state index contributed by atoms with van der Waals surface area (Å²) < 4.78 is 26.7. The molecule has 0 saturated carbocycles. The molecule has 2 N–H and O–H groups in total. The first-order valence-corrected chi connectivity index (χ1v) is 9.65. The number of hydrogen-bond acceptors (Lipinski definition) is 2. The van der Waals surface area contributed by atoms with E-state index in [0.717, 1.165) is 22.0 Å². The van der Waals surface area contributed by atoms with Gasteiger partial charge in [-0.25, -0.2) is 8.78 Å². The van der Waals surface area contributed by atoms with Gasteiger partial charge in [0.25, 0.3) is 5.91 Å². The van der Waals surface area contributed by atoms with E-state index in [1.165, 1.54) is 30.5 Å². The third kappa shape index (κ3) is 3.18. The Bertz CT molecular complexity index is 1270. The van der Waals surface area contributed by atoms with Crippen molar-refractivity contribution in [2.45, 2.75) is 6.42 Å². The Morgan fingerprint density at radius 1 is 1.07 bits per heavy atom. The SMILES string of the molecule is O=C(c1cn[nH]c1-c1ccc(F)cc1)N1CC=C(c2c[nH]c3cc(F)ccc23)CC1. The number of H-pyrrole nitrogens is 2. The van der Waals surface area contributed by atoms with Crippen molar-refractivity contribution >= 4 is 22.4 Å². The van der Waals surface area contributed by atoms with Crippen molar-refractivity contribution in [1.82, 2.24) is 20.1 Å². The maximum atomic E-state index is 13.4. The van der Waals surface area contributed by atoms with Gasteiger partial charge < -0.3 is 9.88 Å². The number of aromatic nitrogens is 3. The summed E-state index contributed by atoms with van der Waals surface area (Å²) >= 11 is 0.